The van der Waals surface area contributed by atoms with Gasteiger partial charge < -0.3 is 25.2 Å². The average molecular weight is 467 g/mol. The molecule has 3 atom stereocenters. The zero-order valence-corrected chi connectivity index (χ0v) is 19.1. The maximum Gasteiger partial charge on any atom is 0.407 e. The highest BCUT2D eigenvalue weighted by atomic mass is 16.5. The van der Waals surface area contributed by atoms with Crippen LogP contribution in [0.3, 0.4) is 0 Å². The Hall–Kier alpha value is -3.39. The molecule has 0 bridgehead atoms. The van der Waals surface area contributed by atoms with Gasteiger partial charge in [0.1, 0.15) is 18.7 Å². The molecule has 1 heterocycles. The number of benzene rings is 2. The number of β-amino-alcohol motifs (C(OH)–C–C–N with tert-alkyl or cyclic N) is 1. The van der Waals surface area contributed by atoms with Crippen LogP contribution in [0, 0.1) is 0 Å². The molecule has 1 aliphatic heterocycles. The number of aliphatic carboxylic acids is 1. The molecule has 2 aromatic rings. The van der Waals surface area contributed by atoms with Gasteiger partial charge in [0.15, 0.2) is 0 Å². The van der Waals surface area contributed by atoms with Crippen molar-refractivity contribution in [1.29, 1.82) is 0 Å². The number of carboxylic acids is 1. The number of nitrogens with zero attached hydrogens (tertiary/aromatic N) is 1. The van der Waals surface area contributed by atoms with Crippen molar-refractivity contribution >= 4 is 18.0 Å². The lowest BCUT2D eigenvalue weighted by Crippen LogP contribution is -2.52. The number of hydrogen-bond donors (Lipinski definition) is 3. The number of fused-ring (bicyclic) bond motifs is 3. The number of ether oxygens (including phenoxy) is 1. The summed E-state index contributed by atoms with van der Waals surface area (Å²) in [6.07, 6.45) is 0.203. The summed E-state index contributed by atoms with van der Waals surface area (Å²) in [5.74, 6) is -1.78. The van der Waals surface area contributed by atoms with E-state index in [4.69, 9.17) is 4.74 Å². The molecule has 1 fully saturated rings. The maximum absolute atomic E-state index is 13.1. The molecule has 1 saturated heterocycles. The van der Waals surface area contributed by atoms with Gasteiger partial charge in [0.25, 0.3) is 0 Å². The van der Waals surface area contributed by atoms with Gasteiger partial charge in [-0.2, -0.15) is 0 Å². The van der Waals surface area contributed by atoms with E-state index in [-0.39, 0.29) is 25.5 Å². The van der Waals surface area contributed by atoms with Gasteiger partial charge in [0.2, 0.25) is 5.91 Å². The Bertz CT molecular complexity index is 1030. The van der Waals surface area contributed by atoms with Gasteiger partial charge in [-0.05, 0) is 28.7 Å². The van der Waals surface area contributed by atoms with Crippen LogP contribution >= 0.6 is 0 Å². The topological polar surface area (TPSA) is 116 Å². The lowest BCUT2D eigenvalue weighted by molar-refractivity contribution is -0.149. The summed E-state index contributed by atoms with van der Waals surface area (Å²) in [4.78, 5) is 38.5. The fraction of sp³-hybridized carbons (Fsp3) is 0.423. The number of alkyl carbamates (subject to hydrolysis) is 1. The van der Waals surface area contributed by atoms with Crippen molar-refractivity contribution in [3.05, 3.63) is 59.7 Å². The summed E-state index contributed by atoms with van der Waals surface area (Å²) in [6, 6.07) is 14.0. The smallest absolute Gasteiger partial charge is 0.407 e. The monoisotopic (exact) mass is 466 g/mol. The fourth-order valence-electron chi connectivity index (χ4n) is 4.94. The average Bonchev–Trinajstić information content (AvgIpc) is 3.38. The van der Waals surface area contributed by atoms with E-state index < -0.39 is 36.2 Å². The number of amides is 2. The zero-order valence-electron chi connectivity index (χ0n) is 19.1. The molecule has 4 rings (SSSR count). The molecule has 8 heteroatoms. The Morgan fingerprint density at radius 2 is 1.71 bits per heavy atom. The number of carbonyl (C=O) groups excluding carboxylic acids is 2. The number of nitrogens with one attached hydrogen (secondary N) is 1. The molecule has 0 aromatic heterocycles. The Morgan fingerprint density at radius 3 is 2.29 bits per heavy atom. The van der Waals surface area contributed by atoms with Gasteiger partial charge in [-0.1, -0.05) is 68.3 Å². The molecule has 1 aliphatic carbocycles. The van der Waals surface area contributed by atoms with Crippen molar-refractivity contribution in [3.8, 4) is 11.1 Å². The van der Waals surface area contributed by atoms with Crippen LogP contribution in [0.5, 0.6) is 0 Å². The SMILES string of the molecule is CCCC[C@H](NC(=O)OCC1c2ccccc2-c2ccccc21)C(=O)N1CC(O)C[C@H]1C(=O)O. The third-order valence-corrected chi connectivity index (χ3v) is 6.63. The molecule has 3 N–H and O–H groups in total. The summed E-state index contributed by atoms with van der Waals surface area (Å²) in [7, 11) is 0. The Morgan fingerprint density at radius 1 is 1.09 bits per heavy atom. The minimum absolute atomic E-state index is 0.0213. The first-order valence-electron chi connectivity index (χ1n) is 11.7. The van der Waals surface area contributed by atoms with Crippen LogP contribution in [0.25, 0.3) is 11.1 Å². The van der Waals surface area contributed by atoms with Crippen LogP contribution in [-0.2, 0) is 14.3 Å². The molecular weight excluding hydrogens is 436 g/mol. The maximum atomic E-state index is 13.1. The molecule has 2 aliphatic rings. The lowest BCUT2D eigenvalue weighted by atomic mass is 9.98. The summed E-state index contributed by atoms with van der Waals surface area (Å²) in [6.45, 7) is 2.02. The van der Waals surface area contributed by atoms with E-state index >= 15 is 0 Å². The zero-order chi connectivity index (χ0) is 24.2. The van der Waals surface area contributed by atoms with Crippen molar-refractivity contribution in [2.45, 2.75) is 56.7 Å². The highest BCUT2D eigenvalue weighted by Crippen LogP contribution is 2.44. The van der Waals surface area contributed by atoms with Gasteiger partial charge in [-0.15, -0.1) is 0 Å². The van der Waals surface area contributed by atoms with E-state index in [0.717, 1.165) is 33.6 Å². The number of aliphatic hydroxyl groups is 1. The van der Waals surface area contributed by atoms with E-state index in [0.29, 0.717) is 12.8 Å². The molecule has 34 heavy (non-hydrogen) atoms. The predicted octanol–water partition coefficient (Wildman–Crippen LogP) is 3.13. The molecule has 0 saturated carbocycles. The van der Waals surface area contributed by atoms with E-state index in [2.05, 4.69) is 17.4 Å². The molecule has 8 nitrogen and oxygen atoms in total. The number of rotatable bonds is 8. The van der Waals surface area contributed by atoms with E-state index in [1.807, 2.05) is 43.3 Å². The van der Waals surface area contributed by atoms with Crippen LogP contribution in [-0.4, -0.2) is 64.4 Å². The molecule has 180 valence electrons. The van der Waals surface area contributed by atoms with Crippen molar-refractivity contribution < 1.29 is 29.3 Å². The summed E-state index contributed by atoms with van der Waals surface area (Å²) in [5.41, 5.74) is 4.42. The largest absolute Gasteiger partial charge is 0.480 e. The Kier molecular flexibility index (Phi) is 7.17. The second-order valence-corrected chi connectivity index (χ2v) is 8.90. The summed E-state index contributed by atoms with van der Waals surface area (Å²) >= 11 is 0. The van der Waals surface area contributed by atoms with Gasteiger partial charge >= 0.3 is 12.1 Å². The second kappa shape index (κ2) is 10.3. The highest BCUT2D eigenvalue weighted by Gasteiger charge is 2.41. The fourth-order valence-corrected chi connectivity index (χ4v) is 4.94. The third kappa shape index (κ3) is 4.77. The number of hydrogen-bond acceptors (Lipinski definition) is 5. The third-order valence-electron chi connectivity index (χ3n) is 6.63. The normalized spacial score (nSPS) is 19.9. The minimum Gasteiger partial charge on any atom is -0.480 e. The summed E-state index contributed by atoms with van der Waals surface area (Å²) < 4.78 is 5.57. The van der Waals surface area contributed by atoms with Crippen molar-refractivity contribution in [2.75, 3.05) is 13.2 Å². The van der Waals surface area contributed by atoms with Crippen molar-refractivity contribution in [3.63, 3.8) is 0 Å². The van der Waals surface area contributed by atoms with Gasteiger partial charge in [0.05, 0.1) is 6.10 Å². The van der Waals surface area contributed by atoms with Crippen LogP contribution in [0.2, 0.25) is 0 Å². The number of likely N-dealkylation sites (tertiary alicyclic amines) is 1. The number of carboxylic acid groups (broad SMARTS) is 1. The van der Waals surface area contributed by atoms with E-state index in [9.17, 15) is 24.6 Å². The minimum atomic E-state index is -1.17. The first kappa shape index (κ1) is 23.8. The molecule has 0 spiro atoms. The van der Waals surface area contributed by atoms with E-state index in [1.54, 1.807) is 0 Å². The molecule has 2 aromatic carbocycles. The van der Waals surface area contributed by atoms with Crippen LogP contribution in [0.1, 0.15) is 49.7 Å². The quantitative estimate of drug-likeness (QED) is 0.551. The first-order chi connectivity index (χ1) is 16.4. The molecule has 0 radical (unpaired) electrons. The van der Waals surface area contributed by atoms with Gasteiger partial charge in [-0.25, -0.2) is 9.59 Å². The Balaban J connectivity index is 1.44. The Labute approximate surface area is 198 Å². The summed E-state index contributed by atoms with van der Waals surface area (Å²) in [5, 5.41) is 22.0. The molecule has 2 amide bonds. The van der Waals surface area contributed by atoms with Crippen molar-refractivity contribution in [2.24, 2.45) is 0 Å². The number of carbonyl (C=O) groups is 3. The second-order valence-electron chi connectivity index (χ2n) is 8.90. The standard InChI is InChI=1S/C26H30N2O6/c1-2-3-12-22(24(30)28-14-16(29)13-23(28)25(31)32)27-26(33)34-15-21-19-10-6-4-8-17(19)18-9-5-7-11-20(18)21/h4-11,16,21-23,29H,2-3,12-15H2,1H3,(H,27,33)(H,31,32)/t16?,22-,23-/m0/s1. The first-order valence-corrected chi connectivity index (χ1v) is 11.7. The molecule has 1 unspecified atom stereocenters. The van der Waals surface area contributed by atoms with Gasteiger partial charge in [-0.3, -0.25) is 4.79 Å². The number of aliphatic hydroxyl groups excluding tert-OH is 1. The van der Waals surface area contributed by atoms with Crippen LogP contribution in [0.4, 0.5) is 4.79 Å². The van der Waals surface area contributed by atoms with Crippen molar-refractivity contribution in [1.82, 2.24) is 10.2 Å². The lowest BCUT2D eigenvalue weighted by Gasteiger charge is -2.27. The van der Waals surface area contributed by atoms with Crippen LogP contribution in [0.15, 0.2) is 48.5 Å². The highest BCUT2D eigenvalue weighted by molar-refractivity contribution is 5.90. The number of unbranched alkanes of at least 4 members (excludes halogenated alkanes) is 1. The predicted molar refractivity (Wildman–Crippen MR) is 125 cm³/mol. The van der Waals surface area contributed by atoms with E-state index in [1.165, 1.54) is 0 Å². The van der Waals surface area contributed by atoms with Gasteiger partial charge in [0, 0.05) is 18.9 Å². The molecular formula is C26H30N2O6. The van der Waals surface area contributed by atoms with Crippen LogP contribution < -0.4 is 5.32 Å².